The lowest BCUT2D eigenvalue weighted by molar-refractivity contribution is 0.575. The first kappa shape index (κ1) is 17.7. The summed E-state index contributed by atoms with van der Waals surface area (Å²) < 4.78 is 5.77. The average molecular weight is 367 g/mol. The average Bonchev–Trinajstić information content (AvgIpc) is 3.02. The van der Waals surface area contributed by atoms with Crippen LogP contribution in [0.3, 0.4) is 0 Å². The third-order valence-corrected chi connectivity index (χ3v) is 4.95. The van der Waals surface area contributed by atoms with E-state index in [0.717, 1.165) is 39.0 Å². The summed E-state index contributed by atoms with van der Waals surface area (Å²) in [6.07, 6.45) is 0. The number of benzene rings is 3. The Bertz CT molecular complexity index is 1200. The maximum Gasteiger partial charge on any atom is 0.154 e. The van der Waals surface area contributed by atoms with E-state index in [9.17, 15) is 0 Å². The van der Waals surface area contributed by atoms with Gasteiger partial charge in [0.15, 0.2) is 5.84 Å². The predicted molar refractivity (Wildman–Crippen MR) is 115 cm³/mol. The molecule has 0 aliphatic carbocycles. The largest absolute Gasteiger partial charge is 0.461 e. The SMILES string of the molecule is Cc1oc2cccc(C(=N)N=C(N)c3cccc(-c4ccccc4)c3)c2c1C. The number of nitrogens with zero attached hydrogens (tertiary/aromatic N) is 1. The van der Waals surface area contributed by atoms with Crippen LogP contribution in [0.1, 0.15) is 22.5 Å². The number of hydrogen-bond donors (Lipinski definition) is 2. The van der Waals surface area contributed by atoms with Crippen molar-refractivity contribution >= 4 is 22.6 Å². The highest BCUT2D eigenvalue weighted by Crippen LogP contribution is 2.28. The Labute approximate surface area is 163 Å². The number of aliphatic imine (C=N–C) groups is 1. The first-order chi connectivity index (χ1) is 13.5. The first-order valence-electron chi connectivity index (χ1n) is 9.12. The van der Waals surface area contributed by atoms with Crippen molar-refractivity contribution < 1.29 is 4.42 Å². The molecule has 4 aromatic rings. The van der Waals surface area contributed by atoms with Gasteiger partial charge in [0.2, 0.25) is 0 Å². The molecule has 0 bridgehead atoms. The Morgan fingerprint density at radius 2 is 1.61 bits per heavy atom. The van der Waals surface area contributed by atoms with Crippen molar-refractivity contribution in [1.29, 1.82) is 5.41 Å². The zero-order valence-electron chi connectivity index (χ0n) is 15.9. The molecule has 0 unspecified atom stereocenters. The van der Waals surface area contributed by atoms with Gasteiger partial charge in [0.1, 0.15) is 17.2 Å². The van der Waals surface area contributed by atoms with Crippen LogP contribution in [0.4, 0.5) is 0 Å². The van der Waals surface area contributed by atoms with Crippen LogP contribution in [-0.2, 0) is 0 Å². The summed E-state index contributed by atoms with van der Waals surface area (Å²) in [4.78, 5) is 4.39. The second kappa shape index (κ2) is 7.16. The number of nitrogens with two attached hydrogens (primary N) is 1. The van der Waals surface area contributed by atoms with Crippen LogP contribution in [-0.4, -0.2) is 11.7 Å². The highest BCUT2D eigenvalue weighted by molar-refractivity contribution is 6.15. The topological polar surface area (TPSA) is 75.4 Å². The molecule has 0 radical (unpaired) electrons. The van der Waals surface area contributed by atoms with Gasteiger partial charge in [-0.15, -0.1) is 0 Å². The highest BCUT2D eigenvalue weighted by atomic mass is 16.3. The number of furan rings is 1. The van der Waals surface area contributed by atoms with Crippen LogP contribution in [0.25, 0.3) is 22.1 Å². The third-order valence-electron chi connectivity index (χ3n) is 4.95. The summed E-state index contributed by atoms with van der Waals surface area (Å²) in [5.74, 6) is 1.29. The van der Waals surface area contributed by atoms with Gasteiger partial charge in [-0.05, 0) is 42.7 Å². The Balaban J connectivity index is 1.71. The molecule has 4 heteroatoms. The summed E-state index contributed by atoms with van der Waals surface area (Å²) >= 11 is 0. The number of fused-ring (bicyclic) bond motifs is 1. The van der Waals surface area contributed by atoms with Crippen LogP contribution in [0.5, 0.6) is 0 Å². The molecule has 138 valence electrons. The molecular weight excluding hydrogens is 346 g/mol. The lowest BCUT2D eigenvalue weighted by atomic mass is 10.0. The fourth-order valence-corrected chi connectivity index (χ4v) is 3.35. The van der Waals surface area contributed by atoms with Crippen molar-refractivity contribution in [1.82, 2.24) is 0 Å². The maximum absolute atomic E-state index is 8.51. The van der Waals surface area contributed by atoms with E-state index in [1.54, 1.807) is 0 Å². The fourth-order valence-electron chi connectivity index (χ4n) is 3.35. The lowest BCUT2D eigenvalue weighted by Crippen LogP contribution is -2.16. The quantitative estimate of drug-likeness (QED) is 0.373. The summed E-state index contributed by atoms with van der Waals surface area (Å²) in [5, 5.41) is 9.42. The zero-order valence-corrected chi connectivity index (χ0v) is 15.9. The zero-order chi connectivity index (χ0) is 19.7. The Morgan fingerprint density at radius 1 is 0.893 bits per heavy atom. The van der Waals surface area contributed by atoms with Crippen LogP contribution < -0.4 is 5.73 Å². The van der Waals surface area contributed by atoms with Crippen LogP contribution in [0, 0.1) is 19.3 Å². The fraction of sp³-hybridized carbons (Fsp3) is 0.0833. The van der Waals surface area contributed by atoms with Gasteiger partial charge in [0, 0.05) is 16.5 Å². The van der Waals surface area contributed by atoms with Gasteiger partial charge in [0.25, 0.3) is 0 Å². The number of nitrogens with one attached hydrogen (secondary N) is 1. The van der Waals surface area contributed by atoms with Gasteiger partial charge in [-0.3, -0.25) is 5.41 Å². The van der Waals surface area contributed by atoms with E-state index in [1.165, 1.54) is 0 Å². The Morgan fingerprint density at radius 3 is 2.39 bits per heavy atom. The molecule has 4 nitrogen and oxygen atoms in total. The van der Waals surface area contributed by atoms with E-state index in [-0.39, 0.29) is 5.84 Å². The molecule has 0 atom stereocenters. The molecule has 0 fully saturated rings. The number of rotatable bonds is 3. The Kier molecular flexibility index (Phi) is 4.53. The molecule has 1 heterocycles. The van der Waals surface area contributed by atoms with Crippen molar-refractivity contribution in [2.45, 2.75) is 13.8 Å². The molecule has 3 N–H and O–H groups in total. The van der Waals surface area contributed by atoms with E-state index in [0.29, 0.717) is 11.4 Å². The molecule has 3 aromatic carbocycles. The van der Waals surface area contributed by atoms with E-state index < -0.39 is 0 Å². The standard InChI is InChI=1S/C24H21N3O/c1-15-16(2)28-21-13-7-12-20(22(15)21)24(26)27-23(25)19-11-6-10-18(14-19)17-8-4-3-5-9-17/h3-14H,1-2H3,(H3,25,26,27). The van der Waals surface area contributed by atoms with Gasteiger partial charge < -0.3 is 10.2 Å². The first-order valence-corrected chi connectivity index (χ1v) is 9.12. The number of aryl methyl sites for hydroxylation is 2. The molecule has 28 heavy (non-hydrogen) atoms. The molecule has 0 saturated carbocycles. The van der Waals surface area contributed by atoms with E-state index >= 15 is 0 Å². The molecule has 0 saturated heterocycles. The summed E-state index contributed by atoms with van der Waals surface area (Å²) in [6.45, 7) is 3.92. The van der Waals surface area contributed by atoms with Crippen LogP contribution in [0.2, 0.25) is 0 Å². The molecule has 0 spiro atoms. The highest BCUT2D eigenvalue weighted by Gasteiger charge is 2.14. The lowest BCUT2D eigenvalue weighted by Gasteiger charge is -2.07. The molecule has 0 aliphatic rings. The van der Waals surface area contributed by atoms with Crippen molar-refractivity contribution in [2.75, 3.05) is 0 Å². The van der Waals surface area contributed by atoms with Gasteiger partial charge >= 0.3 is 0 Å². The van der Waals surface area contributed by atoms with E-state index in [1.807, 2.05) is 74.5 Å². The smallest absolute Gasteiger partial charge is 0.154 e. The molecule has 0 aliphatic heterocycles. The minimum Gasteiger partial charge on any atom is -0.461 e. The summed E-state index contributed by atoms with van der Waals surface area (Å²) in [6, 6.07) is 23.7. The molecular formula is C24H21N3O. The monoisotopic (exact) mass is 367 g/mol. The molecule has 1 aromatic heterocycles. The second-order valence-electron chi connectivity index (χ2n) is 6.75. The van der Waals surface area contributed by atoms with Gasteiger partial charge in [-0.25, -0.2) is 4.99 Å². The van der Waals surface area contributed by atoms with Crippen LogP contribution in [0.15, 0.2) is 82.2 Å². The van der Waals surface area contributed by atoms with Gasteiger partial charge in [-0.1, -0.05) is 60.7 Å². The molecule has 0 amide bonds. The minimum atomic E-state index is 0.122. The number of amidine groups is 2. The van der Waals surface area contributed by atoms with Gasteiger partial charge in [0.05, 0.1) is 0 Å². The van der Waals surface area contributed by atoms with Crippen molar-refractivity contribution in [3.8, 4) is 11.1 Å². The maximum atomic E-state index is 8.51. The second-order valence-corrected chi connectivity index (χ2v) is 6.75. The normalized spacial score (nSPS) is 11.7. The van der Waals surface area contributed by atoms with Crippen LogP contribution >= 0.6 is 0 Å². The predicted octanol–water partition coefficient (Wildman–Crippen LogP) is 5.45. The summed E-state index contributed by atoms with van der Waals surface area (Å²) in [5.41, 5.74) is 11.7. The Hall–Kier alpha value is -3.66. The van der Waals surface area contributed by atoms with Crippen molar-refractivity contribution in [3.63, 3.8) is 0 Å². The third kappa shape index (κ3) is 3.21. The van der Waals surface area contributed by atoms with Crippen molar-refractivity contribution in [3.05, 3.63) is 95.2 Å². The van der Waals surface area contributed by atoms with E-state index in [4.69, 9.17) is 15.6 Å². The molecule has 4 rings (SSSR count). The summed E-state index contributed by atoms with van der Waals surface area (Å²) in [7, 11) is 0. The van der Waals surface area contributed by atoms with E-state index in [2.05, 4.69) is 17.1 Å². The van der Waals surface area contributed by atoms with Gasteiger partial charge in [-0.2, -0.15) is 0 Å². The van der Waals surface area contributed by atoms with Crippen molar-refractivity contribution in [2.24, 2.45) is 10.7 Å². The minimum absolute atomic E-state index is 0.122. The number of hydrogen-bond acceptors (Lipinski definition) is 2.